The van der Waals surface area contributed by atoms with Crippen LogP contribution in [0.4, 0.5) is 14.5 Å². The highest BCUT2D eigenvalue weighted by Crippen LogP contribution is 2.30. The Morgan fingerprint density at radius 2 is 1.70 bits per heavy atom. The van der Waals surface area contributed by atoms with E-state index in [0.29, 0.717) is 22.4 Å². The van der Waals surface area contributed by atoms with Gasteiger partial charge in [-0.15, -0.1) is 0 Å². The number of nitrogens with zero attached hydrogens (tertiary/aromatic N) is 2. The molecule has 0 unspecified atom stereocenters. The number of halogens is 2. The number of rotatable bonds is 6. The fourth-order valence-corrected chi connectivity index (χ4v) is 3.93. The third kappa shape index (κ3) is 5.29. The maximum atomic E-state index is 14.3. The SMILES string of the molecule is COc1ccc(C=CC(=O)c2cc(-c3cccc(F)c3)ccc2N2CCN(C)CC2)c(F)c1. The molecule has 1 heterocycles. The highest BCUT2D eigenvalue weighted by atomic mass is 19.1. The first-order valence-electron chi connectivity index (χ1n) is 10.8. The van der Waals surface area contributed by atoms with Crippen molar-refractivity contribution in [2.45, 2.75) is 0 Å². The monoisotopic (exact) mass is 448 g/mol. The van der Waals surface area contributed by atoms with E-state index in [1.165, 1.54) is 37.5 Å². The number of piperazine rings is 1. The Morgan fingerprint density at radius 1 is 0.939 bits per heavy atom. The van der Waals surface area contributed by atoms with Crippen molar-refractivity contribution in [2.24, 2.45) is 0 Å². The van der Waals surface area contributed by atoms with E-state index in [-0.39, 0.29) is 11.6 Å². The Kier molecular flexibility index (Phi) is 6.84. The van der Waals surface area contributed by atoms with E-state index < -0.39 is 5.82 Å². The van der Waals surface area contributed by atoms with Crippen molar-refractivity contribution >= 4 is 17.5 Å². The molecule has 1 aliphatic rings. The molecule has 0 bridgehead atoms. The zero-order valence-corrected chi connectivity index (χ0v) is 18.7. The van der Waals surface area contributed by atoms with Crippen LogP contribution in [0.1, 0.15) is 15.9 Å². The second kappa shape index (κ2) is 9.96. The molecular weight excluding hydrogens is 422 g/mol. The Hall–Kier alpha value is -3.51. The van der Waals surface area contributed by atoms with Gasteiger partial charge in [0.1, 0.15) is 17.4 Å². The minimum atomic E-state index is -0.466. The van der Waals surface area contributed by atoms with Gasteiger partial charge in [-0.2, -0.15) is 0 Å². The largest absolute Gasteiger partial charge is 0.497 e. The minimum absolute atomic E-state index is 0.239. The first-order chi connectivity index (χ1) is 15.9. The van der Waals surface area contributed by atoms with Gasteiger partial charge in [0.05, 0.1) is 7.11 Å². The van der Waals surface area contributed by atoms with Crippen LogP contribution in [0.2, 0.25) is 0 Å². The molecule has 1 aliphatic heterocycles. The van der Waals surface area contributed by atoms with Crippen LogP contribution in [0.15, 0.2) is 66.7 Å². The van der Waals surface area contributed by atoms with Gasteiger partial charge in [0.25, 0.3) is 0 Å². The van der Waals surface area contributed by atoms with E-state index in [2.05, 4.69) is 16.8 Å². The maximum absolute atomic E-state index is 14.3. The lowest BCUT2D eigenvalue weighted by molar-refractivity contribution is 0.104. The molecule has 3 aromatic carbocycles. The molecule has 1 fully saturated rings. The summed E-state index contributed by atoms with van der Waals surface area (Å²) in [7, 11) is 3.54. The predicted molar refractivity (Wildman–Crippen MR) is 128 cm³/mol. The number of likely N-dealkylation sites (N-methyl/N-ethyl adjacent to an activating group) is 1. The standard InChI is InChI=1S/C27H26F2N2O2/c1-30-12-14-31(15-13-30)26-10-7-21(20-4-3-5-22(28)16-20)17-24(26)27(32)11-8-19-6-9-23(33-2)18-25(19)29/h3-11,16-18H,12-15H2,1-2H3. The summed E-state index contributed by atoms with van der Waals surface area (Å²) in [6.45, 7) is 3.39. The van der Waals surface area contributed by atoms with Crippen LogP contribution in [0.25, 0.3) is 17.2 Å². The van der Waals surface area contributed by atoms with E-state index in [1.54, 1.807) is 24.3 Å². The summed E-state index contributed by atoms with van der Waals surface area (Å²) < 4.78 is 33.1. The average Bonchev–Trinajstić information content (AvgIpc) is 2.83. The summed E-state index contributed by atoms with van der Waals surface area (Å²) in [4.78, 5) is 17.7. The van der Waals surface area contributed by atoms with Gasteiger partial charge in [0.15, 0.2) is 5.78 Å². The van der Waals surface area contributed by atoms with E-state index in [9.17, 15) is 13.6 Å². The second-order valence-corrected chi connectivity index (χ2v) is 8.12. The normalized spacial score (nSPS) is 14.6. The zero-order chi connectivity index (χ0) is 23.4. The van der Waals surface area contributed by atoms with Gasteiger partial charge in [-0.3, -0.25) is 4.79 Å². The Morgan fingerprint density at radius 3 is 2.39 bits per heavy atom. The van der Waals surface area contributed by atoms with Gasteiger partial charge in [0, 0.05) is 49.1 Å². The number of allylic oxidation sites excluding steroid dienone is 1. The third-order valence-corrected chi connectivity index (χ3v) is 5.89. The summed E-state index contributed by atoms with van der Waals surface area (Å²) in [6, 6.07) is 16.4. The molecule has 1 saturated heterocycles. The summed E-state index contributed by atoms with van der Waals surface area (Å²) in [5, 5.41) is 0. The molecule has 0 N–H and O–H groups in total. The molecule has 0 radical (unpaired) electrons. The molecule has 33 heavy (non-hydrogen) atoms. The number of ether oxygens (including phenoxy) is 1. The lowest BCUT2D eigenvalue weighted by atomic mass is 9.98. The van der Waals surface area contributed by atoms with Crippen LogP contribution < -0.4 is 9.64 Å². The lowest BCUT2D eigenvalue weighted by Crippen LogP contribution is -2.45. The Balaban J connectivity index is 1.70. The van der Waals surface area contributed by atoms with Crippen molar-refractivity contribution in [2.75, 3.05) is 45.2 Å². The van der Waals surface area contributed by atoms with Crippen molar-refractivity contribution in [1.29, 1.82) is 0 Å². The van der Waals surface area contributed by atoms with Crippen LogP contribution in [0.3, 0.4) is 0 Å². The van der Waals surface area contributed by atoms with Crippen LogP contribution in [-0.2, 0) is 0 Å². The molecule has 6 heteroatoms. The summed E-state index contributed by atoms with van der Waals surface area (Å²) in [6.07, 6.45) is 2.86. The molecule has 0 amide bonds. The van der Waals surface area contributed by atoms with Crippen molar-refractivity contribution in [3.8, 4) is 16.9 Å². The van der Waals surface area contributed by atoms with Gasteiger partial charge in [-0.1, -0.05) is 18.2 Å². The minimum Gasteiger partial charge on any atom is -0.497 e. The highest BCUT2D eigenvalue weighted by molar-refractivity contribution is 6.11. The summed E-state index contributed by atoms with van der Waals surface area (Å²) >= 11 is 0. The van der Waals surface area contributed by atoms with Crippen LogP contribution in [0.5, 0.6) is 5.75 Å². The Labute approximate surface area is 192 Å². The Bertz CT molecular complexity index is 1180. The molecular formula is C27H26F2N2O2. The molecule has 0 spiro atoms. The number of methoxy groups -OCH3 is 1. The smallest absolute Gasteiger partial charge is 0.187 e. The third-order valence-electron chi connectivity index (χ3n) is 5.89. The van der Waals surface area contributed by atoms with Gasteiger partial charge < -0.3 is 14.5 Å². The average molecular weight is 449 g/mol. The van der Waals surface area contributed by atoms with Gasteiger partial charge in [-0.25, -0.2) is 8.78 Å². The van der Waals surface area contributed by atoms with Crippen LogP contribution >= 0.6 is 0 Å². The molecule has 170 valence electrons. The van der Waals surface area contributed by atoms with E-state index in [0.717, 1.165) is 37.4 Å². The molecule has 4 rings (SSSR count). The summed E-state index contributed by atoms with van der Waals surface area (Å²) in [5.74, 6) is -0.627. The predicted octanol–water partition coefficient (Wildman–Crippen LogP) is 5.29. The van der Waals surface area contributed by atoms with Crippen LogP contribution in [-0.4, -0.2) is 51.0 Å². The number of ketones is 1. The summed E-state index contributed by atoms with van der Waals surface area (Å²) in [5.41, 5.74) is 3.07. The van der Waals surface area contributed by atoms with E-state index in [4.69, 9.17) is 4.74 Å². The van der Waals surface area contributed by atoms with Crippen molar-refractivity contribution in [1.82, 2.24) is 4.90 Å². The van der Waals surface area contributed by atoms with Gasteiger partial charge >= 0.3 is 0 Å². The van der Waals surface area contributed by atoms with E-state index >= 15 is 0 Å². The molecule has 3 aromatic rings. The second-order valence-electron chi connectivity index (χ2n) is 8.12. The number of carbonyl (C=O) groups is 1. The van der Waals surface area contributed by atoms with Gasteiger partial charge in [-0.05, 0) is 66.7 Å². The first-order valence-corrected chi connectivity index (χ1v) is 10.8. The van der Waals surface area contributed by atoms with Crippen molar-refractivity contribution < 1.29 is 18.3 Å². The topological polar surface area (TPSA) is 32.8 Å². The molecule has 0 aliphatic carbocycles. The number of hydrogen-bond acceptors (Lipinski definition) is 4. The zero-order valence-electron chi connectivity index (χ0n) is 18.7. The van der Waals surface area contributed by atoms with E-state index in [1.807, 2.05) is 18.2 Å². The van der Waals surface area contributed by atoms with Crippen molar-refractivity contribution in [3.63, 3.8) is 0 Å². The molecule has 0 aromatic heterocycles. The number of benzene rings is 3. The number of carbonyl (C=O) groups excluding carboxylic acids is 1. The fourth-order valence-electron chi connectivity index (χ4n) is 3.93. The number of anilines is 1. The van der Waals surface area contributed by atoms with Gasteiger partial charge in [0.2, 0.25) is 0 Å². The van der Waals surface area contributed by atoms with Crippen molar-refractivity contribution in [3.05, 3.63) is 89.5 Å². The number of hydrogen-bond donors (Lipinski definition) is 0. The maximum Gasteiger partial charge on any atom is 0.187 e. The highest BCUT2D eigenvalue weighted by Gasteiger charge is 2.20. The molecule has 0 atom stereocenters. The lowest BCUT2D eigenvalue weighted by Gasteiger charge is -2.35. The molecule has 4 nitrogen and oxygen atoms in total. The first kappa shape index (κ1) is 22.7. The van der Waals surface area contributed by atoms with Crippen LogP contribution in [0, 0.1) is 11.6 Å². The fraction of sp³-hybridized carbons (Fsp3) is 0.222. The quantitative estimate of drug-likeness (QED) is 0.379. The molecule has 0 saturated carbocycles.